The second-order valence-electron chi connectivity index (χ2n) is 6.51. The Bertz CT molecular complexity index is 915. The molecule has 1 atom stereocenters. The third kappa shape index (κ3) is 5.05. The lowest BCUT2D eigenvalue weighted by Gasteiger charge is -2.16. The molecule has 1 unspecified atom stereocenters. The molecule has 0 radical (unpaired) electrons. The summed E-state index contributed by atoms with van der Waals surface area (Å²) in [6.45, 7) is 2.81. The van der Waals surface area contributed by atoms with Crippen molar-refractivity contribution in [2.75, 3.05) is 24.6 Å². The molecule has 28 heavy (non-hydrogen) atoms. The zero-order valence-electron chi connectivity index (χ0n) is 15.6. The molecular weight excluding hydrogens is 376 g/mol. The average Bonchev–Trinajstić information content (AvgIpc) is 3.08. The van der Waals surface area contributed by atoms with E-state index in [2.05, 4.69) is 17.2 Å². The number of nitrogens with zero attached hydrogens (tertiary/aromatic N) is 1. The van der Waals surface area contributed by atoms with E-state index < -0.39 is 0 Å². The fourth-order valence-corrected chi connectivity index (χ4v) is 3.10. The predicted octanol–water partition coefficient (Wildman–Crippen LogP) is 3.20. The van der Waals surface area contributed by atoms with E-state index in [1.165, 1.54) is 0 Å². The molecule has 0 saturated carbocycles. The van der Waals surface area contributed by atoms with Crippen LogP contribution in [0.25, 0.3) is 0 Å². The normalized spacial score (nSPS) is 15.7. The topological polar surface area (TPSA) is 58.6 Å². The molecule has 0 spiro atoms. The van der Waals surface area contributed by atoms with Gasteiger partial charge >= 0.3 is 0 Å². The molecule has 144 valence electrons. The van der Waals surface area contributed by atoms with E-state index in [1.807, 2.05) is 31.2 Å². The molecule has 0 aromatic heterocycles. The molecule has 1 fully saturated rings. The van der Waals surface area contributed by atoms with Crippen molar-refractivity contribution in [1.29, 1.82) is 0 Å². The van der Waals surface area contributed by atoms with Crippen LogP contribution >= 0.6 is 11.6 Å². The Kier molecular flexibility index (Phi) is 6.57. The Morgan fingerprint density at radius 2 is 1.96 bits per heavy atom. The second-order valence-corrected chi connectivity index (χ2v) is 6.94. The van der Waals surface area contributed by atoms with Gasteiger partial charge in [0.05, 0.1) is 12.5 Å². The van der Waals surface area contributed by atoms with E-state index in [1.54, 1.807) is 29.2 Å². The SMILES string of the molecule is Cc1ccccc1OCC#CCNC(=O)C1CC(=O)N(c2ccc(Cl)cc2)C1. The molecule has 2 aromatic rings. The van der Waals surface area contributed by atoms with Crippen molar-refractivity contribution in [3.63, 3.8) is 0 Å². The number of benzene rings is 2. The summed E-state index contributed by atoms with van der Waals surface area (Å²) in [6.07, 6.45) is 0.193. The molecule has 1 saturated heterocycles. The smallest absolute Gasteiger partial charge is 0.227 e. The maximum Gasteiger partial charge on any atom is 0.227 e. The summed E-state index contributed by atoms with van der Waals surface area (Å²) < 4.78 is 5.58. The summed E-state index contributed by atoms with van der Waals surface area (Å²) >= 11 is 5.88. The molecule has 6 heteroatoms. The lowest BCUT2D eigenvalue weighted by atomic mass is 10.1. The number of carbonyl (C=O) groups excluding carboxylic acids is 2. The Morgan fingerprint density at radius 3 is 2.71 bits per heavy atom. The third-order valence-corrected chi connectivity index (χ3v) is 4.76. The zero-order chi connectivity index (χ0) is 19.9. The van der Waals surface area contributed by atoms with Gasteiger partial charge in [-0.15, -0.1) is 0 Å². The maximum absolute atomic E-state index is 12.3. The van der Waals surface area contributed by atoms with Crippen LogP contribution in [0.1, 0.15) is 12.0 Å². The highest BCUT2D eigenvalue weighted by Gasteiger charge is 2.34. The van der Waals surface area contributed by atoms with Gasteiger partial charge < -0.3 is 15.0 Å². The number of hydrogen-bond acceptors (Lipinski definition) is 3. The van der Waals surface area contributed by atoms with Crippen molar-refractivity contribution in [1.82, 2.24) is 5.32 Å². The first-order valence-electron chi connectivity index (χ1n) is 9.02. The highest BCUT2D eigenvalue weighted by molar-refractivity contribution is 6.30. The van der Waals surface area contributed by atoms with Crippen molar-refractivity contribution in [2.24, 2.45) is 5.92 Å². The molecule has 1 N–H and O–H groups in total. The highest BCUT2D eigenvalue weighted by atomic mass is 35.5. The Morgan fingerprint density at radius 1 is 1.21 bits per heavy atom. The van der Waals surface area contributed by atoms with Crippen LogP contribution < -0.4 is 15.0 Å². The van der Waals surface area contributed by atoms with Crippen LogP contribution in [0.5, 0.6) is 5.75 Å². The molecule has 2 aromatic carbocycles. The van der Waals surface area contributed by atoms with E-state index in [-0.39, 0.29) is 37.3 Å². The first-order chi connectivity index (χ1) is 13.5. The van der Waals surface area contributed by atoms with Crippen molar-refractivity contribution < 1.29 is 14.3 Å². The van der Waals surface area contributed by atoms with Gasteiger partial charge in [-0.2, -0.15) is 0 Å². The molecule has 3 rings (SSSR count). The van der Waals surface area contributed by atoms with Gasteiger partial charge in [0.15, 0.2) is 0 Å². The summed E-state index contributed by atoms with van der Waals surface area (Å²) in [4.78, 5) is 26.1. The van der Waals surface area contributed by atoms with E-state index in [0.717, 1.165) is 17.0 Å². The Labute approximate surface area is 169 Å². The van der Waals surface area contributed by atoms with E-state index in [0.29, 0.717) is 11.6 Å². The van der Waals surface area contributed by atoms with Crippen LogP contribution in [0.4, 0.5) is 5.69 Å². The number of halogens is 1. The minimum atomic E-state index is -0.381. The van der Waals surface area contributed by atoms with Crippen LogP contribution in [0.2, 0.25) is 5.02 Å². The van der Waals surface area contributed by atoms with Gasteiger partial charge in [0.25, 0.3) is 0 Å². The van der Waals surface area contributed by atoms with E-state index in [9.17, 15) is 9.59 Å². The number of aryl methyl sites for hydroxylation is 1. The monoisotopic (exact) mass is 396 g/mol. The van der Waals surface area contributed by atoms with Crippen LogP contribution in [0.15, 0.2) is 48.5 Å². The van der Waals surface area contributed by atoms with Gasteiger partial charge in [0, 0.05) is 23.7 Å². The summed E-state index contributed by atoms with van der Waals surface area (Å²) in [6, 6.07) is 14.7. The first-order valence-corrected chi connectivity index (χ1v) is 9.40. The molecule has 0 bridgehead atoms. The standard InChI is InChI=1S/C22H21ClN2O3/c1-16-6-2-3-7-20(16)28-13-5-4-12-24-22(27)17-14-21(26)25(15-17)19-10-8-18(23)9-11-19/h2-3,6-11,17H,12-15H2,1H3,(H,24,27). The number of amides is 2. The quantitative estimate of drug-likeness (QED) is 0.789. The van der Waals surface area contributed by atoms with Crippen molar-refractivity contribution in [2.45, 2.75) is 13.3 Å². The molecule has 1 aliphatic rings. The van der Waals surface area contributed by atoms with Crippen LogP contribution in [0.3, 0.4) is 0 Å². The van der Waals surface area contributed by atoms with E-state index >= 15 is 0 Å². The molecule has 1 heterocycles. The van der Waals surface area contributed by atoms with Crippen LogP contribution in [-0.4, -0.2) is 31.5 Å². The minimum Gasteiger partial charge on any atom is -0.481 e. The number of rotatable bonds is 5. The van der Waals surface area contributed by atoms with E-state index in [4.69, 9.17) is 16.3 Å². The fourth-order valence-electron chi connectivity index (χ4n) is 2.98. The number of nitrogens with one attached hydrogen (secondary N) is 1. The van der Waals surface area contributed by atoms with Gasteiger partial charge in [-0.25, -0.2) is 0 Å². The number of anilines is 1. The molecular formula is C22H21ClN2O3. The lowest BCUT2D eigenvalue weighted by Crippen LogP contribution is -2.33. The number of carbonyl (C=O) groups is 2. The van der Waals surface area contributed by atoms with Gasteiger partial charge in [-0.3, -0.25) is 9.59 Å². The lowest BCUT2D eigenvalue weighted by molar-refractivity contribution is -0.126. The third-order valence-electron chi connectivity index (χ3n) is 4.50. The molecule has 0 aliphatic carbocycles. The number of hydrogen-bond donors (Lipinski definition) is 1. The first kappa shape index (κ1) is 19.8. The van der Waals surface area contributed by atoms with Crippen molar-refractivity contribution in [3.8, 4) is 17.6 Å². The van der Waals surface area contributed by atoms with Gasteiger partial charge in [0.1, 0.15) is 12.4 Å². The van der Waals surface area contributed by atoms with Gasteiger partial charge in [0.2, 0.25) is 11.8 Å². The Hall–Kier alpha value is -2.97. The zero-order valence-corrected chi connectivity index (χ0v) is 16.3. The van der Waals surface area contributed by atoms with Gasteiger partial charge in [-0.05, 0) is 42.8 Å². The molecule has 2 amide bonds. The van der Waals surface area contributed by atoms with Crippen molar-refractivity contribution in [3.05, 3.63) is 59.1 Å². The van der Waals surface area contributed by atoms with Crippen LogP contribution in [0, 0.1) is 24.7 Å². The molecule has 5 nitrogen and oxygen atoms in total. The fraction of sp³-hybridized carbons (Fsp3) is 0.273. The van der Waals surface area contributed by atoms with Crippen LogP contribution in [-0.2, 0) is 9.59 Å². The summed E-state index contributed by atoms with van der Waals surface area (Å²) in [7, 11) is 0. The summed E-state index contributed by atoms with van der Waals surface area (Å²) in [5, 5.41) is 3.37. The maximum atomic E-state index is 12.3. The number of para-hydroxylation sites is 1. The largest absolute Gasteiger partial charge is 0.481 e. The Balaban J connectivity index is 1.44. The second kappa shape index (κ2) is 9.29. The average molecular weight is 397 g/mol. The summed E-state index contributed by atoms with van der Waals surface area (Å²) in [5.41, 5.74) is 1.80. The van der Waals surface area contributed by atoms with Gasteiger partial charge in [-0.1, -0.05) is 41.6 Å². The minimum absolute atomic E-state index is 0.0693. The van der Waals surface area contributed by atoms with Crippen molar-refractivity contribution >= 4 is 29.1 Å². The number of ether oxygens (including phenoxy) is 1. The molecule has 1 aliphatic heterocycles. The highest BCUT2D eigenvalue weighted by Crippen LogP contribution is 2.26. The summed E-state index contributed by atoms with van der Waals surface area (Å²) in [5.74, 6) is 5.93. The predicted molar refractivity (Wildman–Crippen MR) is 109 cm³/mol.